The van der Waals surface area contributed by atoms with Crippen LogP contribution in [0.3, 0.4) is 0 Å². The van der Waals surface area contributed by atoms with E-state index in [0.29, 0.717) is 30.9 Å². The zero-order valence-electron chi connectivity index (χ0n) is 18.7. The van der Waals surface area contributed by atoms with Crippen molar-refractivity contribution in [1.29, 1.82) is 0 Å². The summed E-state index contributed by atoms with van der Waals surface area (Å²) in [6.07, 6.45) is -3.44. The molecule has 3 rings (SSSR count). The van der Waals surface area contributed by atoms with Crippen molar-refractivity contribution in [2.75, 3.05) is 27.4 Å². The highest BCUT2D eigenvalue weighted by Gasteiger charge is 2.34. The number of nitrogens with zero attached hydrogens (tertiary/aromatic N) is 1. The van der Waals surface area contributed by atoms with Gasteiger partial charge >= 0.3 is 6.18 Å². The van der Waals surface area contributed by atoms with E-state index >= 15 is 0 Å². The first-order chi connectivity index (χ1) is 15.1. The smallest absolute Gasteiger partial charge is 0.416 e. The highest BCUT2D eigenvalue weighted by molar-refractivity contribution is 5.77. The highest BCUT2D eigenvalue weighted by Crippen LogP contribution is 2.39. The minimum absolute atomic E-state index is 0.0157. The van der Waals surface area contributed by atoms with Crippen LogP contribution in [0.2, 0.25) is 0 Å². The average molecular weight is 451 g/mol. The van der Waals surface area contributed by atoms with Crippen LogP contribution in [0, 0.1) is 5.92 Å². The Bertz CT molecular complexity index is 959. The molecule has 0 N–H and O–H groups in total. The maximum absolute atomic E-state index is 13.1. The first kappa shape index (κ1) is 23.8. The molecule has 0 fully saturated rings. The molecule has 1 heterocycles. The van der Waals surface area contributed by atoms with Crippen LogP contribution in [0.5, 0.6) is 17.2 Å². The van der Waals surface area contributed by atoms with Crippen molar-refractivity contribution in [1.82, 2.24) is 4.90 Å². The van der Waals surface area contributed by atoms with Crippen molar-refractivity contribution < 1.29 is 32.2 Å². The van der Waals surface area contributed by atoms with Gasteiger partial charge in [0.2, 0.25) is 5.91 Å². The zero-order chi connectivity index (χ0) is 23.5. The van der Waals surface area contributed by atoms with E-state index in [1.807, 2.05) is 26.0 Å². The van der Waals surface area contributed by atoms with E-state index in [9.17, 15) is 18.0 Å². The number of hydrogen-bond acceptors (Lipinski definition) is 4. The number of alkyl halides is 3. The number of carbonyl (C=O) groups is 1. The molecule has 1 amide bonds. The summed E-state index contributed by atoms with van der Waals surface area (Å²) in [6.45, 7) is 4.45. The predicted molar refractivity (Wildman–Crippen MR) is 114 cm³/mol. The van der Waals surface area contributed by atoms with Gasteiger partial charge in [0.05, 0.1) is 25.8 Å². The van der Waals surface area contributed by atoms with Gasteiger partial charge in [-0.2, -0.15) is 13.2 Å². The van der Waals surface area contributed by atoms with E-state index in [-0.39, 0.29) is 24.2 Å². The fourth-order valence-electron chi connectivity index (χ4n) is 3.91. The van der Waals surface area contributed by atoms with Gasteiger partial charge in [-0.05, 0) is 53.8 Å². The van der Waals surface area contributed by atoms with Crippen LogP contribution >= 0.6 is 0 Å². The van der Waals surface area contributed by atoms with E-state index < -0.39 is 17.8 Å². The lowest BCUT2D eigenvalue weighted by Gasteiger charge is -2.38. The number of hydrogen-bond donors (Lipinski definition) is 0. The summed E-state index contributed by atoms with van der Waals surface area (Å²) in [5.41, 5.74) is 1.06. The molecule has 1 aliphatic heterocycles. The van der Waals surface area contributed by atoms with E-state index in [4.69, 9.17) is 14.2 Å². The Morgan fingerprint density at radius 1 is 1.12 bits per heavy atom. The SMILES string of the molecule is COc1cc2c(cc1OC)[C@H](COc1cccc(C(F)(F)F)c1)N(C(=O)CC(C)C)CC2. The topological polar surface area (TPSA) is 48.0 Å². The molecular formula is C24H28F3NO4. The maximum Gasteiger partial charge on any atom is 0.416 e. The van der Waals surface area contributed by atoms with Crippen molar-refractivity contribution in [2.45, 2.75) is 38.9 Å². The third-order valence-electron chi connectivity index (χ3n) is 5.48. The molecule has 1 aliphatic rings. The van der Waals surface area contributed by atoms with E-state index in [1.54, 1.807) is 12.0 Å². The Morgan fingerprint density at radius 2 is 1.81 bits per heavy atom. The minimum atomic E-state index is -4.46. The number of benzene rings is 2. The van der Waals surface area contributed by atoms with Gasteiger partial charge in [-0.15, -0.1) is 0 Å². The third-order valence-corrected chi connectivity index (χ3v) is 5.48. The molecule has 0 aliphatic carbocycles. The first-order valence-electron chi connectivity index (χ1n) is 10.5. The van der Waals surface area contributed by atoms with Gasteiger partial charge in [-0.1, -0.05) is 19.9 Å². The standard InChI is InChI=1S/C24H28F3NO4/c1-15(2)10-23(29)28-9-8-16-11-21(30-3)22(31-4)13-19(16)20(28)14-32-18-7-5-6-17(12-18)24(25,26)27/h5-7,11-13,15,20H,8-10,14H2,1-4H3/t20-/m0/s1. The third kappa shape index (κ3) is 5.29. The summed E-state index contributed by atoms with van der Waals surface area (Å²) in [6, 6.07) is 8.01. The summed E-state index contributed by atoms with van der Waals surface area (Å²) in [5, 5.41) is 0. The second-order valence-electron chi connectivity index (χ2n) is 8.19. The molecule has 174 valence electrons. The number of amides is 1. The summed E-state index contributed by atoms with van der Waals surface area (Å²) < 4.78 is 55.8. The van der Waals surface area contributed by atoms with Crippen LogP contribution in [-0.4, -0.2) is 38.2 Å². The molecule has 0 unspecified atom stereocenters. The van der Waals surface area contributed by atoms with Gasteiger partial charge in [-0.25, -0.2) is 0 Å². The summed E-state index contributed by atoms with van der Waals surface area (Å²) in [7, 11) is 3.09. The van der Waals surface area contributed by atoms with Crippen molar-refractivity contribution >= 4 is 5.91 Å². The first-order valence-corrected chi connectivity index (χ1v) is 10.5. The average Bonchev–Trinajstić information content (AvgIpc) is 2.75. The molecule has 0 bridgehead atoms. The number of halogens is 3. The van der Waals surface area contributed by atoms with Crippen LogP contribution in [0.4, 0.5) is 13.2 Å². The Balaban J connectivity index is 1.94. The quantitative estimate of drug-likeness (QED) is 0.575. The molecule has 2 aromatic carbocycles. The van der Waals surface area contributed by atoms with Gasteiger partial charge in [0.1, 0.15) is 12.4 Å². The number of fused-ring (bicyclic) bond motifs is 1. The van der Waals surface area contributed by atoms with E-state index in [0.717, 1.165) is 23.3 Å². The van der Waals surface area contributed by atoms with Crippen molar-refractivity contribution in [2.24, 2.45) is 5.92 Å². The lowest BCUT2D eigenvalue weighted by atomic mass is 9.91. The maximum atomic E-state index is 13.1. The summed E-state index contributed by atoms with van der Waals surface area (Å²) >= 11 is 0. The second-order valence-corrected chi connectivity index (χ2v) is 8.19. The minimum Gasteiger partial charge on any atom is -0.493 e. The molecule has 0 spiro atoms. The van der Waals surface area contributed by atoms with Gasteiger partial charge in [-0.3, -0.25) is 4.79 Å². The largest absolute Gasteiger partial charge is 0.493 e. The van der Waals surface area contributed by atoms with Gasteiger partial charge in [0, 0.05) is 13.0 Å². The van der Waals surface area contributed by atoms with E-state index in [1.165, 1.54) is 19.2 Å². The molecule has 0 saturated heterocycles. The van der Waals surface area contributed by atoms with Gasteiger partial charge < -0.3 is 19.1 Å². The number of ether oxygens (including phenoxy) is 3. The zero-order valence-corrected chi connectivity index (χ0v) is 18.7. The lowest BCUT2D eigenvalue weighted by Crippen LogP contribution is -2.43. The normalized spacial score (nSPS) is 16.0. The van der Waals surface area contributed by atoms with Crippen molar-refractivity contribution in [3.05, 3.63) is 53.1 Å². The number of rotatable bonds is 7. The van der Waals surface area contributed by atoms with Gasteiger partial charge in [0.15, 0.2) is 11.5 Å². The Hall–Kier alpha value is -2.90. The number of carbonyl (C=O) groups excluding carboxylic acids is 1. The highest BCUT2D eigenvalue weighted by atomic mass is 19.4. The van der Waals surface area contributed by atoms with Crippen LogP contribution in [0.25, 0.3) is 0 Å². The molecule has 2 aromatic rings. The molecule has 32 heavy (non-hydrogen) atoms. The second kappa shape index (κ2) is 9.71. The Labute approximate surface area is 186 Å². The van der Waals surface area contributed by atoms with Crippen molar-refractivity contribution in [3.63, 3.8) is 0 Å². The fraction of sp³-hybridized carbons (Fsp3) is 0.458. The summed E-state index contributed by atoms with van der Waals surface area (Å²) in [4.78, 5) is 14.7. The lowest BCUT2D eigenvalue weighted by molar-refractivity contribution is -0.137. The molecular weight excluding hydrogens is 423 g/mol. The molecule has 8 heteroatoms. The van der Waals surface area contributed by atoms with Gasteiger partial charge in [0.25, 0.3) is 0 Å². The molecule has 5 nitrogen and oxygen atoms in total. The summed E-state index contributed by atoms with van der Waals surface area (Å²) in [5.74, 6) is 1.38. The predicted octanol–water partition coefficient (Wildman–Crippen LogP) is 5.27. The van der Waals surface area contributed by atoms with Crippen LogP contribution in [-0.2, 0) is 17.4 Å². The van der Waals surface area contributed by atoms with E-state index in [2.05, 4.69) is 0 Å². The Kier molecular flexibility index (Phi) is 7.21. The van der Waals surface area contributed by atoms with Crippen molar-refractivity contribution in [3.8, 4) is 17.2 Å². The van der Waals surface area contributed by atoms with Crippen LogP contribution < -0.4 is 14.2 Å². The molecule has 0 saturated carbocycles. The van der Waals surface area contributed by atoms with Crippen LogP contribution in [0.15, 0.2) is 36.4 Å². The number of methoxy groups -OCH3 is 2. The molecule has 0 radical (unpaired) electrons. The monoisotopic (exact) mass is 451 g/mol. The molecule has 1 atom stereocenters. The fourth-order valence-corrected chi connectivity index (χ4v) is 3.91. The Morgan fingerprint density at radius 3 is 2.44 bits per heavy atom. The molecule has 0 aromatic heterocycles. The van der Waals surface area contributed by atoms with Crippen LogP contribution in [0.1, 0.15) is 43.0 Å².